The highest BCUT2D eigenvalue weighted by Crippen LogP contribution is 2.27. The minimum atomic E-state index is -0.527. The van der Waals surface area contributed by atoms with Crippen LogP contribution in [0.2, 0.25) is 0 Å². The number of nitrogens with one attached hydrogen (secondary N) is 1. The highest BCUT2D eigenvalue weighted by molar-refractivity contribution is 5.95. The molecule has 1 heterocycles. The molecule has 1 aromatic carbocycles. The third kappa shape index (κ3) is 5.22. The second-order valence-corrected chi connectivity index (χ2v) is 7.54. The molecule has 0 unspecified atom stereocenters. The van der Waals surface area contributed by atoms with E-state index in [0.29, 0.717) is 31.1 Å². The van der Waals surface area contributed by atoms with Gasteiger partial charge in [0, 0.05) is 36.3 Å². The monoisotopic (exact) mass is 414 g/mol. The van der Waals surface area contributed by atoms with E-state index in [-0.39, 0.29) is 41.3 Å². The van der Waals surface area contributed by atoms with Crippen molar-refractivity contribution in [2.24, 2.45) is 5.92 Å². The van der Waals surface area contributed by atoms with Gasteiger partial charge in [0.15, 0.2) is 11.5 Å². The van der Waals surface area contributed by atoms with Gasteiger partial charge in [0.25, 0.3) is 17.5 Å². The Morgan fingerprint density at radius 1 is 1.30 bits per heavy atom. The van der Waals surface area contributed by atoms with Crippen molar-refractivity contribution < 1.29 is 19.0 Å². The lowest BCUT2D eigenvalue weighted by Crippen LogP contribution is -2.39. The molecule has 9 nitrogen and oxygen atoms in total. The van der Waals surface area contributed by atoms with Crippen molar-refractivity contribution in [3.8, 4) is 0 Å². The van der Waals surface area contributed by atoms with Gasteiger partial charge in [0.1, 0.15) is 0 Å². The summed E-state index contributed by atoms with van der Waals surface area (Å²) in [5.74, 6) is 0.315. The Hall–Kier alpha value is -3.23. The molecule has 0 aliphatic heterocycles. The molecule has 2 amide bonds. The summed E-state index contributed by atoms with van der Waals surface area (Å²) < 4.78 is 5.31. The lowest BCUT2D eigenvalue weighted by Gasteiger charge is -2.29. The zero-order chi connectivity index (χ0) is 21.7. The number of hydrogen-bond acceptors (Lipinski definition) is 6. The standard InChI is InChI=1S/C21H26N4O5/c1-3-16(4-2)24(21(27)15-6-5-7-17(10-15)25(28)29)13-18-11-19(23-30-18)20(26)22-12-14-8-9-14/h5-7,10-11,14,16H,3-4,8-9,12-13H2,1-2H3,(H,22,26). The van der Waals surface area contributed by atoms with Crippen molar-refractivity contribution in [1.82, 2.24) is 15.4 Å². The number of aromatic nitrogens is 1. The van der Waals surface area contributed by atoms with Crippen LogP contribution in [0, 0.1) is 16.0 Å². The number of nitrogens with zero attached hydrogens (tertiary/aromatic N) is 3. The summed E-state index contributed by atoms with van der Waals surface area (Å²) in [6.45, 7) is 4.70. The minimum absolute atomic E-state index is 0.0889. The Labute approximate surface area is 174 Å². The van der Waals surface area contributed by atoms with Crippen LogP contribution in [-0.2, 0) is 6.54 Å². The van der Waals surface area contributed by atoms with E-state index in [9.17, 15) is 19.7 Å². The van der Waals surface area contributed by atoms with Gasteiger partial charge in [-0.25, -0.2) is 0 Å². The molecule has 1 N–H and O–H groups in total. The van der Waals surface area contributed by atoms with Gasteiger partial charge in [0.05, 0.1) is 11.5 Å². The van der Waals surface area contributed by atoms with Crippen molar-refractivity contribution in [3.63, 3.8) is 0 Å². The number of carbonyl (C=O) groups is 2. The topological polar surface area (TPSA) is 119 Å². The second kappa shape index (κ2) is 9.51. The lowest BCUT2D eigenvalue weighted by atomic mass is 10.1. The van der Waals surface area contributed by atoms with Gasteiger partial charge in [-0.1, -0.05) is 25.1 Å². The average Bonchev–Trinajstić information content (AvgIpc) is 3.47. The molecule has 0 spiro atoms. The molecule has 1 aliphatic rings. The fourth-order valence-corrected chi connectivity index (χ4v) is 3.33. The van der Waals surface area contributed by atoms with E-state index in [1.165, 1.54) is 18.2 Å². The van der Waals surface area contributed by atoms with Crippen LogP contribution in [0.25, 0.3) is 0 Å². The number of nitro benzene ring substituents is 1. The first kappa shape index (κ1) is 21.5. The summed E-state index contributed by atoms with van der Waals surface area (Å²) in [5.41, 5.74) is 0.274. The maximum atomic E-state index is 13.2. The predicted octanol–water partition coefficient (Wildman–Crippen LogP) is 3.55. The predicted molar refractivity (Wildman–Crippen MR) is 109 cm³/mol. The Bertz CT molecular complexity index is 918. The average molecular weight is 414 g/mol. The molecule has 0 bridgehead atoms. The summed E-state index contributed by atoms with van der Waals surface area (Å²) >= 11 is 0. The summed E-state index contributed by atoms with van der Waals surface area (Å²) in [7, 11) is 0. The Balaban J connectivity index is 1.77. The minimum Gasteiger partial charge on any atom is -0.359 e. The van der Waals surface area contributed by atoms with E-state index >= 15 is 0 Å². The largest absolute Gasteiger partial charge is 0.359 e. The SMILES string of the molecule is CCC(CC)N(Cc1cc(C(=O)NCC2CC2)no1)C(=O)c1cccc([N+](=O)[O-])c1. The molecule has 160 valence electrons. The summed E-state index contributed by atoms with van der Waals surface area (Å²) in [6.07, 6.45) is 3.68. The summed E-state index contributed by atoms with van der Waals surface area (Å²) in [6, 6.07) is 7.12. The van der Waals surface area contributed by atoms with Gasteiger partial charge in [-0.05, 0) is 37.7 Å². The first-order chi connectivity index (χ1) is 14.4. The first-order valence-corrected chi connectivity index (χ1v) is 10.2. The Kier molecular flexibility index (Phi) is 6.81. The third-order valence-electron chi connectivity index (χ3n) is 5.31. The second-order valence-electron chi connectivity index (χ2n) is 7.54. The van der Waals surface area contributed by atoms with E-state index in [2.05, 4.69) is 10.5 Å². The molecule has 0 saturated heterocycles. The fourth-order valence-electron chi connectivity index (χ4n) is 3.33. The van der Waals surface area contributed by atoms with Gasteiger partial charge in [-0.15, -0.1) is 0 Å². The van der Waals surface area contributed by atoms with Crippen molar-refractivity contribution >= 4 is 17.5 Å². The molecule has 1 fully saturated rings. The van der Waals surface area contributed by atoms with Crippen molar-refractivity contribution in [2.75, 3.05) is 6.54 Å². The van der Waals surface area contributed by atoms with Gasteiger partial charge >= 0.3 is 0 Å². The zero-order valence-corrected chi connectivity index (χ0v) is 17.2. The number of benzene rings is 1. The normalized spacial score (nSPS) is 13.3. The van der Waals surface area contributed by atoms with E-state index in [4.69, 9.17) is 4.52 Å². The smallest absolute Gasteiger partial charge is 0.273 e. The van der Waals surface area contributed by atoms with Crippen LogP contribution in [0.4, 0.5) is 5.69 Å². The Morgan fingerprint density at radius 3 is 2.67 bits per heavy atom. The van der Waals surface area contributed by atoms with Crippen LogP contribution in [0.5, 0.6) is 0 Å². The molecule has 1 aliphatic carbocycles. The first-order valence-electron chi connectivity index (χ1n) is 10.2. The molecule has 1 aromatic heterocycles. The van der Waals surface area contributed by atoms with Gasteiger partial charge in [-0.3, -0.25) is 19.7 Å². The number of amides is 2. The summed E-state index contributed by atoms with van der Waals surface area (Å²) in [5, 5.41) is 17.7. The number of carbonyl (C=O) groups excluding carboxylic acids is 2. The van der Waals surface area contributed by atoms with E-state index in [1.807, 2.05) is 13.8 Å². The van der Waals surface area contributed by atoms with Crippen molar-refractivity contribution in [2.45, 2.75) is 52.1 Å². The van der Waals surface area contributed by atoms with Crippen LogP contribution in [0.15, 0.2) is 34.9 Å². The quantitative estimate of drug-likeness (QED) is 0.469. The molecular formula is C21H26N4O5. The molecule has 9 heteroatoms. The highest BCUT2D eigenvalue weighted by Gasteiger charge is 2.27. The van der Waals surface area contributed by atoms with Crippen LogP contribution in [0.1, 0.15) is 66.1 Å². The van der Waals surface area contributed by atoms with Crippen molar-refractivity contribution in [3.05, 3.63) is 57.5 Å². The molecule has 3 rings (SSSR count). The van der Waals surface area contributed by atoms with Crippen LogP contribution in [-0.4, -0.2) is 39.4 Å². The van der Waals surface area contributed by atoms with Gasteiger partial charge in [-0.2, -0.15) is 0 Å². The molecule has 0 radical (unpaired) electrons. The van der Waals surface area contributed by atoms with Crippen LogP contribution < -0.4 is 5.32 Å². The molecular weight excluding hydrogens is 388 g/mol. The van der Waals surface area contributed by atoms with E-state index in [0.717, 1.165) is 12.8 Å². The molecule has 1 saturated carbocycles. The fraction of sp³-hybridized carbons (Fsp3) is 0.476. The zero-order valence-electron chi connectivity index (χ0n) is 17.2. The number of rotatable bonds is 10. The van der Waals surface area contributed by atoms with E-state index < -0.39 is 4.92 Å². The summed E-state index contributed by atoms with van der Waals surface area (Å²) in [4.78, 5) is 37.5. The Morgan fingerprint density at radius 2 is 2.03 bits per heavy atom. The van der Waals surface area contributed by atoms with Crippen LogP contribution >= 0.6 is 0 Å². The van der Waals surface area contributed by atoms with Crippen molar-refractivity contribution in [1.29, 1.82) is 0 Å². The third-order valence-corrected chi connectivity index (χ3v) is 5.31. The van der Waals surface area contributed by atoms with Crippen LogP contribution in [0.3, 0.4) is 0 Å². The molecule has 2 aromatic rings. The number of nitro groups is 1. The van der Waals surface area contributed by atoms with E-state index in [1.54, 1.807) is 17.0 Å². The number of hydrogen-bond donors (Lipinski definition) is 1. The maximum Gasteiger partial charge on any atom is 0.273 e. The van der Waals surface area contributed by atoms with Gasteiger partial charge < -0.3 is 14.7 Å². The lowest BCUT2D eigenvalue weighted by molar-refractivity contribution is -0.384. The van der Waals surface area contributed by atoms with Gasteiger partial charge in [0.2, 0.25) is 0 Å². The molecule has 30 heavy (non-hydrogen) atoms. The molecule has 0 atom stereocenters. The maximum absolute atomic E-state index is 13.2. The highest BCUT2D eigenvalue weighted by atomic mass is 16.6. The number of non-ortho nitro benzene ring substituents is 1.